The average molecular weight is 220 g/mol. The van der Waals surface area contributed by atoms with E-state index in [9.17, 15) is 0 Å². The van der Waals surface area contributed by atoms with Crippen LogP contribution < -0.4 is 5.32 Å². The van der Waals surface area contributed by atoms with E-state index in [-0.39, 0.29) is 0 Å². The first-order valence-corrected chi connectivity index (χ1v) is 6.33. The van der Waals surface area contributed by atoms with Crippen LogP contribution in [-0.4, -0.2) is 40.6 Å². The Kier molecular flexibility index (Phi) is 2.69. The highest BCUT2D eigenvalue weighted by Gasteiger charge is 2.28. The Morgan fingerprint density at radius 2 is 2.12 bits per heavy atom. The van der Waals surface area contributed by atoms with Gasteiger partial charge in [-0.05, 0) is 19.8 Å². The van der Waals surface area contributed by atoms with Crippen LogP contribution in [0.3, 0.4) is 0 Å². The molecule has 4 nitrogen and oxygen atoms in total. The van der Waals surface area contributed by atoms with E-state index < -0.39 is 0 Å². The summed E-state index contributed by atoms with van der Waals surface area (Å²) in [5.41, 5.74) is 1.39. The Bertz CT molecular complexity index is 350. The molecule has 1 aromatic heterocycles. The van der Waals surface area contributed by atoms with Crippen LogP contribution >= 0.6 is 0 Å². The van der Waals surface area contributed by atoms with Gasteiger partial charge in [0.1, 0.15) is 0 Å². The van der Waals surface area contributed by atoms with Gasteiger partial charge in [0.05, 0.1) is 12.0 Å². The molecule has 0 spiro atoms. The van der Waals surface area contributed by atoms with Gasteiger partial charge in [0.15, 0.2) is 0 Å². The molecule has 0 radical (unpaired) electrons. The van der Waals surface area contributed by atoms with E-state index in [0.717, 1.165) is 32.2 Å². The van der Waals surface area contributed by atoms with Gasteiger partial charge in [-0.2, -0.15) is 0 Å². The molecule has 3 rings (SSSR count). The highest BCUT2D eigenvalue weighted by Crippen LogP contribution is 2.37. The smallest absolute Gasteiger partial charge is 0.0951 e. The van der Waals surface area contributed by atoms with Crippen molar-refractivity contribution in [2.45, 2.75) is 31.8 Å². The van der Waals surface area contributed by atoms with Crippen molar-refractivity contribution < 1.29 is 0 Å². The van der Waals surface area contributed by atoms with E-state index in [1.165, 1.54) is 18.5 Å². The molecule has 0 amide bonds. The molecule has 1 N–H and O–H groups in total. The quantitative estimate of drug-likeness (QED) is 0.830. The lowest BCUT2D eigenvalue weighted by molar-refractivity contribution is 0.179. The van der Waals surface area contributed by atoms with Gasteiger partial charge in [0, 0.05) is 44.5 Å². The third kappa shape index (κ3) is 1.87. The molecule has 4 heteroatoms. The topological polar surface area (TPSA) is 33.1 Å². The summed E-state index contributed by atoms with van der Waals surface area (Å²) in [6, 6.07) is 1.24. The maximum Gasteiger partial charge on any atom is 0.0951 e. The van der Waals surface area contributed by atoms with Crippen LogP contribution in [0.2, 0.25) is 0 Å². The number of imidazole rings is 1. The van der Waals surface area contributed by atoms with Crippen molar-refractivity contribution in [3.8, 4) is 0 Å². The van der Waals surface area contributed by atoms with Gasteiger partial charge >= 0.3 is 0 Å². The van der Waals surface area contributed by atoms with Crippen LogP contribution in [0.15, 0.2) is 12.5 Å². The molecule has 2 aliphatic rings. The first-order valence-electron chi connectivity index (χ1n) is 6.33. The molecule has 1 saturated heterocycles. The number of nitrogens with one attached hydrogen (secondary N) is 1. The minimum Gasteiger partial charge on any atom is -0.330 e. The first-order chi connectivity index (χ1) is 7.86. The lowest BCUT2D eigenvalue weighted by Crippen LogP contribution is -2.44. The molecule has 1 unspecified atom stereocenters. The van der Waals surface area contributed by atoms with Crippen molar-refractivity contribution in [3.63, 3.8) is 0 Å². The van der Waals surface area contributed by atoms with Gasteiger partial charge in [-0.15, -0.1) is 0 Å². The minimum absolute atomic E-state index is 0.505. The second-order valence-electron chi connectivity index (χ2n) is 4.92. The van der Waals surface area contributed by atoms with E-state index in [1.807, 2.05) is 12.5 Å². The van der Waals surface area contributed by atoms with E-state index >= 15 is 0 Å². The van der Waals surface area contributed by atoms with Gasteiger partial charge in [0.25, 0.3) is 0 Å². The van der Waals surface area contributed by atoms with E-state index in [0.29, 0.717) is 6.04 Å². The van der Waals surface area contributed by atoms with Gasteiger partial charge in [0.2, 0.25) is 0 Å². The zero-order valence-corrected chi connectivity index (χ0v) is 9.89. The molecule has 2 fully saturated rings. The Morgan fingerprint density at radius 1 is 1.38 bits per heavy atom. The Balaban J connectivity index is 1.76. The van der Waals surface area contributed by atoms with Gasteiger partial charge in [-0.25, -0.2) is 4.98 Å². The van der Waals surface area contributed by atoms with Crippen LogP contribution in [0, 0.1) is 0 Å². The molecule has 1 atom stereocenters. The zero-order valence-electron chi connectivity index (χ0n) is 9.89. The second-order valence-corrected chi connectivity index (χ2v) is 4.92. The van der Waals surface area contributed by atoms with Gasteiger partial charge in [-0.3, -0.25) is 4.90 Å². The fraction of sp³-hybridized carbons (Fsp3) is 0.750. The summed E-state index contributed by atoms with van der Waals surface area (Å²) in [4.78, 5) is 6.87. The van der Waals surface area contributed by atoms with Crippen molar-refractivity contribution in [2.24, 2.45) is 0 Å². The predicted molar refractivity (Wildman–Crippen MR) is 63.4 cm³/mol. The highest BCUT2D eigenvalue weighted by atomic mass is 15.2. The molecule has 1 aromatic rings. The van der Waals surface area contributed by atoms with E-state index in [4.69, 9.17) is 0 Å². The SMILES string of the molecule is CC(c1cncn1C1CC1)N1CCNCC1. The summed E-state index contributed by atoms with van der Waals surface area (Å²) in [5.74, 6) is 0. The van der Waals surface area contributed by atoms with E-state index in [1.54, 1.807) is 0 Å². The van der Waals surface area contributed by atoms with Crippen LogP contribution in [0.25, 0.3) is 0 Å². The van der Waals surface area contributed by atoms with Gasteiger partial charge in [-0.1, -0.05) is 0 Å². The van der Waals surface area contributed by atoms with Crippen molar-refractivity contribution in [3.05, 3.63) is 18.2 Å². The van der Waals surface area contributed by atoms with E-state index in [2.05, 4.69) is 26.7 Å². The standard InChI is InChI=1S/C12H20N4/c1-10(15-6-4-13-5-7-15)12-8-14-9-16(12)11-2-3-11/h8-11,13H,2-7H2,1H3. The number of nitrogens with zero attached hydrogens (tertiary/aromatic N) is 3. The molecule has 1 aliphatic carbocycles. The molecule has 0 bridgehead atoms. The first kappa shape index (κ1) is 10.3. The largest absolute Gasteiger partial charge is 0.330 e. The Hall–Kier alpha value is -0.870. The summed E-state index contributed by atoms with van der Waals surface area (Å²) in [7, 11) is 0. The zero-order chi connectivity index (χ0) is 11.0. The third-order valence-electron chi connectivity index (χ3n) is 3.76. The fourth-order valence-corrected chi connectivity index (χ4v) is 2.55. The van der Waals surface area contributed by atoms with Crippen LogP contribution in [0.1, 0.15) is 37.5 Å². The molecular weight excluding hydrogens is 200 g/mol. The van der Waals surface area contributed by atoms with Crippen molar-refractivity contribution in [1.29, 1.82) is 0 Å². The summed E-state index contributed by atoms with van der Waals surface area (Å²) < 4.78 is 2.38. The molecule has 16 heavy (non-hydrogen) atoms. The normalized spacial score (nSPS) is 24.6. The van der Waals surface area contributed by atoms with Crippen molar-refractivity contribution >= 4 is 0 Å². The summed E-state index contributed by atoms with van der Waals surface area (Å²) in [5, 5.41) is 3.40. The molecular formula is C12H20N4. The second kappa shape index (κ2) is 4.18. The number of aromatic nitrogens is 2. The number of hydrogen-bond donors (Lipinski definition) is 1. The summed E-state index contributed by atoms with van der Waals surface area (Å²) >= 11 is 0. The molecule has 0 aromatic carbocycles. The number of piperazine rings is 1. The molecule has 1 saturated carbocycles. The van der Waals surface area contributed by atoms with Crippen LogP contribution in [0.4, 0.5) is 0 Å². The highest BCUT2D eigenvalue weighted by molar-refractivity contribution is 5.08. The Labute approximate surface area is 96.7 Å². The monoisotopic (exact) mass is 220 g/mol. The maximum absolute atomic E-state index is 4.32. The molecule has 88 valence electrons. The number of rotatable bonds is 3. The summed E-state index contributed by atoms with van der Waals surface area (Å²) in [6.07, 6.45) is 6.71. The van der Waals surface area contributed by atoms with Crippen LogP contribution in [0.5, 0.6) is 0 Å². The maximum atomic E-state index is 4.32. The van der Waals surface area contributed by atoms with Crippen LogP contribution in [-0.2, 0) is 0 Å². The van der Waals surface area contributed by atoms with Crippen molar-refractivity contribution in [2.75, 3.05) is 26.2 Å². The fourth-order valence-electron chi connectivity index (χ4n) is 2.55. The lowest BCUT2D eigenvalue weighted by Gasteiger charge is -2.33. The molecule has 1 aliphatic heterocycles. The predicted octanol–water partition coefficient (Wildman–Crippen LogP) is 1.18. The van der Waals surface area contributed by atoms with Crippen molar-refractivity contribution in [1.82, 2.24) is 19.8 Å². The lowest BCUT2D eigenvalue weighted by atomic mass is 10.2. The average Bonchev–Trinajstić information content (AvgIpc) is 3.07. The molecule has 2 heterocycles. The summed E-state index contributed by atoms with van der Waals surface area (Å²) in [6.45, 7) is 6.83. The third-order valence-corrected chi connectivity index (χ3v) is 3.76. The van der Waals surface area contributed by atoms with Gasteiger partial charge < -0.3 is 9.88 Å². The number of hydrogen-bond acceptors (Lipinski definition) is 3. The Morgan fingerprint density at radius 3 is 2.81 bits per heavy atom. The minimum atomic E-state index is 0.505.